The molecule has 4 saturated carbocycles. The van der Waals surface area contributed by atoms with Crippen LogP contribution < -0.4 is 0 Å². The average molecular weight is 274 g/mol. The molecular formula is C18H26O2. The van der Waals surface area contributed by atoms with Gasteiger partial charge in [-0.25, -0.2) is 0 Å². The lowest BCUT2D eigenvalue weighted by atomic mass is 9.48. The summed E-state index contributed by atoms with van der Waals surface area (Å²) >= 11 is 0. The normalized spacial score (nSPS) is 38.0. The van der Waals surface area contributed by atoms with Crippen LogP contribution in [0.1, 0.15) is 64.7 Å². The summed E-state index contributed by atoms with van der Waals surface area (Å²) in [6.45, 7) is 5.38. The Bertz CT molecular complexity index is 411. The fourth-order valence-corrected chi connectivity index (χ4v) is 5.48. The molecule has 4 aliphatic rings. The molecule has 0 aromatic heterocycles. The van der Waals surface area contributed by atoms with Crippen LogP contribution in [-0.2, 0) is 9.59 Å². The zero-order chi connectivity index (χ0) is 14.3. The lowest BCUT2D eigenvalue weighted by molar-refractivity contribution is -0.129. The fraction of sp³-hybridized carbons (Fsp3) is 0.778. The highest BCUT2D eigenvalue weighted by molar-refractivity contribution is 5.96. The van der Waals surface area contributed by atoms with Crippen molar-refractivity contribution in [1.82, 2.24) is 0 Å². The molecule has 0 heterocycles. The summed E-state index contributed by atoms with van der Waals surface area (Å²) in [6.07, 6.45) is 9.61. The van der Waals surface area contributed by atoms with Gasteiger partial charge in [0.25, 0.3) is 0 Å². The van der Waals surface area contributed by atoms with E-state index in [9.17, 15) is 9.59 Å². The van der Waals surface area contributed by atoms with E-state index in [4.69, 9.17) is 0 Å². The van der Waals surface area contributed by atoms with E-state index in [-0.39, 0.29) is 5.78 Å². The smallest absolute Gasteiger partial charge is 0.158 e. The molecule has 4 aliphatic carbocycles. The van der Waals surface area contributed by atoms with Gasteiger partial charge in [0.2, 0.25) is 0 Å². The van der Waals surface area contributed by atoms with Gasteiger partial charge >= 0.3 is 0 Å². The highest BCUT2D eigenvalue weighted by Gasteiger charge is 2.51. The van der Waals surface area contributed by atoms with Gasteiger partial charge < -0.3 is 0 Å². The monoisotopic (exact) mass is 274 g/mol. The predicted molar refractivity (Wildman–Crippen MR) is 79.3 cm³/mol. The Hall–Kier alpha value is -0.920. The Morgan fingerprint density at radius 2 is 1.50 bits per heavy atom. The van der Waals surface area contributed by atoms with E-state index >= 15 is 0 Å². The van der Waals surface area contributed by atoms with Crippen molar-refractivity contribution in [1.29, 1.82) is 0 Å². The van der Waals surface area contributed by atoms with Crippen LogP contribution in [0.25, 0.3) is 0 Å². The molecule has 4 bridgehead atoms. The molecule has 0 saturated heterocycles. The van der Waals surface area contributed by atoms with Gasteiger partial charge in [0.05, 0.1) is 0 Å². The molecule has 2 heteroatoms. The molecule has 0 aromatic rings. The van der Waals surface area contributed by atoms with E-state index in [0.29, 0.717) is 29.6 Å². The van der Waals surface area contributed by atoms with E-state index < -0.39 is 0 Å². The van der Waals surface area contributed by atoms with Crippen LogP contribution in [0, 0.1) is 23.2 Å². The number of hydrogen-bond acceptors (Lipinski definition) is 2. The Morgan fingerprint density at radius 1 is 1.00 bits per heavy atom. The number of carbonyl (C=O) groups is 2. The summed E-state index contributed by atoms with van der Waals surface area (Å²) in [5.41, 5.74) is 0.894. The molecule has 4 rings (SSSR count). The summed E-state index contributed by atoms with van der Waals surface area (Å²) in [5, 5.41) is 0. The third kappa shape index (κ3) is 2.75. The van der Waals surface area contributed by atoms with Crippen LogP contribution >= 0.6 is 0 Å². The van der Waals surface area contributed by atoms with Crippen LogP contribution in [0.4, 0.5) is 0 Å². The van der Waals surface area contributed by atoms with Gasteiger partial charge in [0.1, 0.15) is 5.78 Å². The first-order chi connectivity index (χ1) is 9.46. The number of hydrogen-bond donors (Lipinski definition) is 0. The quantitative estimate of drug-likeness (QED) is 0.684. The lowest BCUT2D eigenvalue weighted by Crippen LogP contribution is -2.46. The largest absolute Gasteiger partial charge is 0.300 e. The summed E-state index contributed by atoms with van der Waals surface area (Å²) in [7, 11) is 0. The van der Waals surface area contributed by atoms with Crippen molar-refractivity contribution < 1.29 is 9.59 Å². The average Bonchev–Trinajstić information content (AvgIpc) is 2.33. The van der Waals surface area contributed by atoms with Gasteiger partial charge in [-0.1, -0.05) is 6.58 Å². The SMILES string of the molecule is C=C(C)C(=O)CCC(=O)CC12CC3CC(CC(C3)C1)C2. The molecule has 0 aromatic carbocycles. The second-order valence-electron chi connectivity index (χ2n) is 7.84. The first-order valence-electron chi connectivity index (χ1n) is 8.16. The number of rotatable bonds is 6. The maximum atomic E-state index is 12.3. The van der Waals surface area contributed by atoms with Crippen LogP contribution in [0.15, 0.2) is 12.2 Å². The summed E-state index contributed by atoms with van der Waals surface area (Å²) in [4.78, 5) is 23.8. The predicted octanol–water partition coefficient (Wildman–Crippen LogP) is 4.09. The molecule has 0 N–H and O–H groups in total. The summed E-state index contributed by atoms with van der Waals surface area (Å²) < 4.78 is 0. The van der Waals surface area contributed by atoms with Crippen molar-refractivity contribution in [2.24, 2.45) is 23.2 Å². The molecule has 0 aliphatic heterocycles. The number of Topliss-reactive ketones (excluding diaryl/α,β-unsaturated/α-hetero) is 2. The van der Waals surface area contributed by atoms with Gasteiger partial charge in [-0.05, 0) is 74.2 Å². The number of carbonyl (C=O) groups excluding carboxylic acids is 2. The van der Waals surface area contributed by atoms with Crippen molar-refractivity contribution in [3.8, 4) is 0 Å². The van der Waals surface area contributed by atoms with Crippen molar-refractivity contribution in [3.05, 3.63) is 12.2 Å². The third-order valence-electron chi connectivity index (χ3n) is 5.84. The highest BCUT2D eigenvalue weighted by Crippen LogP contribution is 2.61. The molecular weight excluding hydrogens is 248 g/mol. The van der Waals surface area contributed by atoms with Crippen LogP contribution in [0.5, 0.6) is 0 Å². The second kappa shape index (κ2) is 5.13. The van der Waals surface area contributed by atoms with Gasteiger partial charge in [-0.2, -0.15) is 0 Å². The molecule has 0 atom stereocenters. The van der Waals surface area contributed by atoms with Gasteiger partial charge in [-0.3, -0.25) is 9.59 Å². The molecule has 0 radical (unpaired) electrons. The topological polar surface area (TPSA) is 34.1 Å². The van der Waals surface area contributed by atoms with E-state index in [2.05, 4.69) is 6.58 Å². The van der Waals surface area contributed by atoms with E-state index in [1.54, 1.807) is 6.92 Å². The Balaban J connectivity index is 1.56. The zero-order valence-corrected chi connectivity index (χ0v) is 12.6. The molecule has 2 nitrogen and oxygen atoms in total. The van der Waals surface area contributed by atoms with Crippen LogP contribution in [0.2, 0.25) is 0 Å². The van der Waals surface area contributed by atoms with E-state index in [1.807, 2.05) is 0 Å². The number of allylic oxidation sites excluding steroid dienone is 1. The standard InChI is InChI=1S/C18H26O2/c1-12(2)17(20)4-3-16(19)11-18-8-13-5-14(9-18)7-15(6-13)10-18/h13-15H,1,3-11H2,2H3. The van der Waals surface area contributed by atoms with Crippen molar-refractivity contribution in [3.63, 3.8) is 0 Å². The summed E-state index contributed by atoms with van der Waals surface area (Å²) in [6, 6.07) is 0. The van der Waals surface area contributed by atoms with E-state index in [0.717, 1.165) is 24.2 Å². The molecule has 0 spiro atoms. The minimum atomic E-state index is 0.0452. The maximum Gasteiger partial charge on any atom is 0.158 e. The molecule has 4 fully saturated rings. The zero-order valence-electron chi connectivity index (χ0n) is 12.6. The van der Waals surface area contributed by atoms with Gasteiger partial charge in [0, 0.05) is 19.3 Å². The number of ketones is 2. The molecule has 0 amide bonds. The summed E-state index contributed by atoms with van der Waals surface area (Å²) in [5.74, 6) is 3.04. The molecule has 110 valence electrons. The minimum Gasteiger partial charge on any atom is -0.300 e. The lowest BCUT2D eigenvalue weighted by Gasteiger charge is -2.56. The Kier molecular flexibility index (Phi) is 3.60. The Morgan fingerprint density at radius 3 is 1.95 bits per heavy atom. The van der Waals surface area contributed by atoms with Gasteiger partial charge in [0.15, 0.2) is 5.78 Å². The highest BCUT2D eigenvalue weighted by atomic mass is 16.1. The molecule has 0 unspecified atom stereocenters. The Labute approximate surface area is 122 Å². The minimum absolute atomic E-state index is 0.0452. The first-order valence-corrected chi connectivity index (χ1v) is 8.16. The van der Waals surface area contributed by atoms with E-state index in [1.165, 1.54) is 38.5 Å². The van der Waals surface area contributed by atoms with Crippen molar-refractivity contribution in [2.45, 2.75) is 64.7 Å². The van der Waals surface area contributed by atoms with Gasteiger partial charge in [-0.15, -0.1) is 0 Å². The third-order valence-corrected chi connectivity index (χ3v) is 5.84. The van der Waals surface area contributed by atoms with Crippen molar-refractivity contribution >= 4 is 11.6 Å². The fourth-order valence-electron chi connectivity index (χ4n) is 5.48. The first kappa shape index (κ1) is 14.0. The van der Waals surface area contributed by atoms with Crippen LogP contribution in [0.3, 0.4) is 0 Å². The maximum absolute atomic E-state index is 12.3. The van der Waals surface area contributed by atoms with Crippen LogP contribution in [-0.4, -0.2) is 11.6 Å². The molecule has 20 heavy (non-hydrogen) atoms. The van der Waals surface area contributed by atoms with Crippen molar-refractivity contribution in [2.75, 3.05) is 0 Å². The second-order valence-corrected chi connectivity index (χ2v) is 7.84.